The summed E-state index contributed by atoms with van der Waals surface area (Å²) >= 11 is 0. The Bertz CT molecular complexity index is 694. The van der Waals surface area contributed by atoms with Crippen LogP contribution in [-0.4, -0.2) is 61.3 Å². The highest BCUT2D eigenvalue weighted by Crippen LogP contribution is 2.15. The third-order valence-corrected chi connectivity index (χ3v) is 4.09. The summed E-state index contributed by atoms with van der Waals surface area (Å²) in [5, 5.41) is 4.44. The van der Waals surface area contributed by atoms with Gasteiger partial charge in [0.25, 0.3) is 5.91 Å². The van der Waals surface area contributed by atoms with Crippen molar-refractivity contribution in [1.82, 2.24) is 15.5 Å². The molecule has 8 heteroatoms. The zero-order valence-corrected chi connectivity index (χ0v) is 16.3. The second kappa shape index (κ2) is 10.6. The fourth-order valence-corrected chi connectivity index (χ4v) is 3.00. The number of carbonyl (C=O) groups is 3. The first-order chi connectivity index (χ1) is 13.4. The quantitative estimate of drug-likeness (QED) is 0.541. The Kier molecular flexibility index (Phi) is 8.16. The molecule has 1 saturated heterocycles. The van der Waals surface area contributed by atoms with E-state index in [-0.39, 0.29) is 18.8 Å². The van der Waals surface area contributed by atoms with Crippen LogP contribution in [0.4, 0.5) is 4.79 Å². The Morgan fingerprint density at radius 3 is 2.46 bits per heavy atom. The topological polar surface area (TPSA) is 97.0 Å². The molecule has 0 bridgehead atoms. The van der Waals surface area contributed by atoms with Crippen molar-refractivity contribution in [2.75, 3.05) is 26.2 Å². The average Bonchev–Trinajstić information content (AvgIpc) is 2.64. The van der Waals surface area contributed by atoms with E-state index in [0.29, 0.717) is 5.56 Å². The van der Waals surface area contributed by atoms with Crippen molar-refractivity contribution >= 4 is 17.9 Å². The lowest BCUT2D eigenvalue weighted by Crippen LogP contribution is -2.44. The summed E-state index contributed by atoms with van der Waals surface area (Å²) in [5.74, 6) is -1.33. The minimum absolute atomic E-state index is 0.197. The van der Waals surface area contributed by atoms with Crippen molar-refractivity contribution in [3.8, 4) is 0 Å². The molecule has 0 saturated carbocycles. The second-order valence-corrected chi connectivity index (χ2v) is 6.77. The van der Waals surface area contributed by atoms with Crippen molar-refractivity contribution in [2.45, 2.75) is 32.6 Å². The van der Waals surface area contributed by atoms with E-state index in [1.165, 1.54) is 6.08 Å². The van der Waals surface area contributed by atoms with Gasteiger partial charge in [0, 0.05) is 26.2 Å². The molecule has 0 aliphatic carbocycles. The van der Waals surface area contributed by atoms with Crippen LogP contribution >= 0.6 is 0 Å². The van der Waals surface area contributed by atoms with Gasteiger partial charge in [-0.15, -0.1) is 6.58 Å². The number of imide groups is 1. The molecule has 1 aromatic carbocycles. The molecule has 0 aromatic heterocycles. The van der Waals surface area contributed by atoms with Gasteiger partial charge in [0.15, 0.2) is 6.61 Å². The van der Waals surface area contributed by atoms with Crippen molar-refractivity contribution in [3.05, 3.63) is 48.0 Å². The zero-order valence-electron chi connectivity index (χ0n) is 16.3. The smallest absolute Gasteiger partial charge is 0.338 e. The third kappa shape index (κ3) is 7.13. The highest BCUT2D eigenvalue weighted by molar-refractivity contribution is 5.97. The Balaban J connectivity index is 1.79. The van der Waals surface area contributed by atoms with E-state index in [1.54, 1.807) is 12.1 Å². The van der Waals surface area contributed by atoms with Crippen LogP contribution in [0.15, 0.2) is 36.9 Å². The monoisotopic (exact) mass is 389 g/mol. The lowest BCUT2D eigenvalue weighted by molar-refractivity contribution is -0.123. The van der Waals surface area contributed by atoms with E-state index in [4.69, 9.17) is 9.47 Å². The highest BCUT2D eigenvalue weighted by atomic mass is 16.5. The standard InChI is InChI=1S/C20H27N3O5/c1-4-9-21-20(26)22-18(24)13-27-19(25)17-7-5-16(6-8-17)12-23-10-14(2)28-15(3)11-23/h4-8,14-15H,1,9-13H2,2-3H3,(H2,21,22,24,26). The van der Waals surface area contributed by atoms with E-state index in [9.17, 15) is 14.4 Å². The van der Waals surface area contributed by atoms with E-state index in [0.717, 1.165) is 25.2 Å². The maximum absolute atomic E-state index is 12.1. The Labute approximate surface area is 164 Å². The molecular formula is C20H27N3O5. The zero-order chi connectivity index (χ0) is 20.5. The van der Waals surface area contributed by atoms with Crippen LogP contribution in [0.1, 0.15) is 29.8 Å². The minimum atomic E-state index is -0.706. The molecule has 2 rings (SSSR count). The maximum atomic E-state index is 12.1. The molecule has 0 radical (unpaired) electrons. The van der Waals surface area contributed by atoms with Gasteiger partial charge in [0.2, 0.25) is 0 Å². The summed E-state index contributed by atoms with van der Waals surface area (Å²) in [6.45, 7) is 9.75. The van der Waals surface area contributed by atoms with Crippen LogP contribution in [0.3, 0.4) is 0 Å². The number of morpholine rings is 1. The van der Waals surface area contributed by atoms with E-state index < -0.39 is 24.5 Å². The number of carbonyl (C=O) groups excluding carboxylic acids is 3. The van der Waals surface area contributed by atoms with Crippen molar-refractivity contribution in [2.24, 2.45) is 0 Å². The summed E-state index contributed by atoms with van der Waals surface area (Å²) in [4.78, 5) is 37.3. The van der Waals surface area contributed by atoms with Gasteiger partial charge >= 0.3 is 12.0 Å². The summed E-state index contributed by atoms with van der Waals surface area (Å²) in [5.41, 5.74) is 1.42. The summed E-state index contributed by atoms with van der Waals surface area (Å²) in [6, 6.07) is 6.39. The Hall–Kier alpha value is -2.71. The average molecular weight is 389 g/mol. The number of nitrogens with zero attached hydrogens (tertiary/aromatic N) is 1. The molecule has 3 amide bonds. The molecule has 1 aliphatic rings. The summed E-state index contributed by atoms with van der Waals surface area (Å²) in [6.07, 6.45) is 1.87. The van der Waals surface area contributed by atoms with E-state index >= 15 is 0 Å². The van der Waals surface area contributed by atoms with Gasteiger partial charge < -0.3 is 14.8 Å². The molecule has 152 valence electrons. The van der Waals surface area contributed by atoms with Gasteiger partial charge in [-0.05, 0) is 31.5 Å². The molecule has 2 unspecified atom stereocenters. The molecule has 1 aliphatic heterocycles. The second-order valence-electron chi connectivity index (χ2n) is 6.77. The molecule has 28 heavy (non-hydrogen) atoms. The lowest BCUT2D eigenvalue weighted by atomic mass is 10.1. The molecular weight excluding hydrogens is 362 g/mol. The van der Waals surface area contributed by atoms with Crippen LogP contribution in [0.2, 0.25) is 0 Å². The van der Waals surface area contributed by atoms with E-state index in [1.807, 2.05) is 12.1 Å². The summed E-state index contributed by atoms with van der Waals surface area (Å²) in [7, 11) is 0. The number of urea groups is 1. The fraction of sp³-hybridized carbons (Fsp3) is 0.450. The Morgan fingerprint density at radius 2 is 1.86 bits per heavy atom. The predicted octanol–water partition coefficient (Wildman–Crippen LogP) is 1.46. The first-order valence-electron chi connectivity index (χ1n) is 9.19. The molecule has 0 spiro atoms. The number of amides is 3. The molecule has 8 nitrogen and oxygen atoms in total. The first kappa shape index (κ1) is 21.6. The largest absolute Gasteiger partial charge is 0.452 e. The predicted molar refractivity (Wildman–Crippen MR) is 104 cm³/mol. The number of benzene rings is 1. The molecule has 2 atom stereocenters. The molecule has 1 aromatic rings. The van der Waals surface area contributed by atoms with Crippen molar-refractivity contribution in [3.63, 3.8) is 0 Å². The maximum Gasteiger partial charge on any atom is 0.338 e. The highest BCUT2D eigenvalue weighted by Gasteiger charge is 2.22. The molecule has 1 heterocycles. The number of rotatable bonds is 7. The van der Waals surface area contributed by atoms with Crippen LogP contribution in [0, 0.1) is 0 Å². The van der Waals surface area contributed by atoms with Gasteiger partial charge in [-0.1, -0.05) is 18.2 Å². The van der Waals surface area contributed by atoms with Gasteiger partial charge in [-0.25, -0.2) is 9.59 Å². The van der Waals surface area contributed by atoms with Crippen molar-refractivity contribution < 1.29 is 23.9 Å². The number of hydrogen-bond donors (Lipinski definition) is 2. The Morgan fingerprint density at radius 1 is 1.21 bits per heavy atom. The first-order valence-corrected chi connectivity index (χ1v) is 9.19. The van der Waals surface area contributed by atoms with Crippen LogP contribution < -0.4 is 10.6 Å². The lowest BCUT2D eigenvalue weighted by Gasteiger charge is -2.35. The van der Waals surface area contributed by atoms with Gasteiger partial charge in [-0.3, -0.25) is 15.0 Å². The number of hydrogen-bond acceptors (Lipinski definition) is 6. The van der Waals surface area contributed by atoms with Gasteiger partial charge in [0.1, 0.15) is 0 Å². The van der Waals surface area contributed by atoms with Crippen LogP contribution in [-0.2, 0) is 20.8 Å². The third-order valence-electron chi connectivity index (χ3n) is 4.09. The minimum Gasteiger partial charge on any atom is -0.452 e. The van der Waals surface area contributed by atoms with Crippen molar-refractivity contribution in [1.29, 1.82) is 0 Å². The summed E-state index contributed by atoms with van der Waals surface area (Å²) < 4.78 is 10.7. The van der Waals surface area contributed by atoms with Gasteiger partial charge in [-0.2, -0.15) is 0 Å². The van der Waals surface area contributed by atoms with E-state index in [2.05, 4.69) is 36.0 Å². The fourth-order valence-electron chi connectivity index (χ4n) is 3.00. The number of ether oxygens (including phenoxy) is 2. The van der Waals surface area contributed by atoms with Gasteiger partial charge in [0.05, 0.1) is 17.8 Å². The number of esters is 1. The molecule has 1 fully saturated rings. The molecule has 2 N–H and O–H groups in total. The number of nitrogens with one attached hydrogen (secondary N) is 2. The van der Waals surface area contributed by atoms with Crippen LogP contribution in [0.25, 0.3) is 0 Å². The van der Waals surface area contributed by atoms with Crippen LogP contribution in [0.5, 0.6) is 0 Å². The normalized spacial score (nSPS) is 19.5. The SMILES string of the molecule is C=CCNC(=O)NC(=O)COC(=O)c1ccc(CN2CC(C)OC(C)C2)cc1.